The molecule has 0 aromatic rings. The highest BCUT2D eigenvalue weighted by Crippen LogP contribution is 2.40. The Labute approximate surface area is 87.2 Å². The van der Waals surface area contributed by atoms with Crippen LogP contribution in [0.2, 0.25) is 0 Å². The standard InChI is InChI=1S/C10H11ClOS/c1-6-4-9(12)8-5-7(11)2-3-10(8)13-6/h5-6H,2-4H2,1H3. The largest absolute Gasteiger partial charge is 0.294 e. The van der Waals surface area contributed by atoms with Crippen molar-refractivity contribution in [3.63, 3.8) is 0 Å². The van der Waals surface area contributed by atoms with Gasteiger partial charge in [-0.15, -0.1) is 11.8 Å². The van der Waals surface area contributed by atoms with Crippen LogP contribution in [0.4, 0.5) is 0 Å². The Kier molecular flexibility index (Phi) is 2.52. The molecule has 0 bridgehead atoms. The minimum absolute atomic E-state index is 0.263. The SMILES string of the molecule is CC1CC(=O)C2=C(CCC(Cl)=C2)S1. The van der Waals surface area contributed by atoms with Crippen molar-refractivity contribution in [1.82, 2.24) is 0 Å². The van der Waals surface area contributed by atoms with E-state index < -0.39 is 0 Å². The summed E-state index contributed by atoms with van der Waals surface area (Å²) in [4.78, 5) is 12.9. The molecule has 70 valence electrons. The van der Waals surface area contributed by atoms with Gasteiger partial charge in [-0.3, -0.25) is 4.79 Å². The summed E-state index contributed by atoms with van der Waals surface area (Å²) in [6.07, 6.45) is 4.35. The van der Waals surface area contributed by atoms with E-state index in [9.17, 15) is 4.79 Å². The molecule has 0 amide bonds. The molecule has 3 heteroatoms. The number of ketones is 1. The van der Waals surface area contributed by atoms with Crippen molar-refractivity contribution in [2.45, 2.75) is 31.4 Å². The lowest BCUT2D eigenvalue weighted by molar-refractivity contribution is -0.115. The van der Waals surface area contributed by atoms with Gasteiger partial charge in [-0.2, -0.15) is 0 Å². The summed E-state index contributed by atoms with van der Waals surface area (Å²) in [5, 5.41) is 1.26. The first-order chi connectivity index (χ1) is 6.16. The van der Waals surface area contributed by atoms with Crippen molar-refractivity contribution in [2.24, 2.45) is 0 Å². The molecule has 1 atom stereocenters. The monoisotopic (exact) mass is 214 g/mol. The molecule has 1 unspecified atom stereocenters. The molecule has 0 aromatic heterocycles. The zero-order valence-electron chi connectivity index (χ0n) is 7.47. The molecule has 1 nitrogen and oxygen atoms in total. The van der Waals surface area contributed by atoms with E-state index in [0.717, 1.165) is 23.4 Å². The summed E-state index contributed by atoms with van der Waals surface area (Å²) in [5.41, 5.74) is 0.874. The first kappa shape index (κ1) is 9.35. The second-order valence-corrected chi connectivity index (χ2v) is 5.50. The van der Waals surface area contributed by atoms with Crippen LogP contribution in [0.15, 0.2) is 21.6 Å². The van der Waals surface area contributed by atoms with Gasteiger partial charge >= 0.3 is 0 Å². The molecule has 2 rings (SSSR count). The number of thioether (sulfide) groups is 1. The van der Waals surface area contributed by atoms with Crippen LogP contribution in [0.25, 0.3) is 0 Å². The van der Waals surface area contributed by atoms with Gasteiger partial charge in [-0.25, -0.2) is 0 Å². The van der Waals surface area contributed by atoms with Gasteiger partial charge in [0.15, 0.2) is 5.78 Å². The van der Waals surface area contributed by atoms with E-state index in [1.807, 2.05) is 17.8 Å². The number of Topliss-reactive ketones (excluding diaryl/α,β-unsaturated/α-hetero) is 1. The third-order valence-corrected chi connectivity index (χ3v) is 3.88. The molecule has 1 aliphatic heterocycles. The Morgan fingerprint density at radius 3 is 3.08 bits per heavy atom. The fourth-order valence-corrected chi connectivity index (χ4v) is 3.13. The predicted octanol–water partition coefficient (Wildman–Crippen LogP) is 3.25. The highest BCUT2D eigenvalue weighted by atomic mass is 35.5. The molecule has 0 spiro atoms. The Morgan fingerprint density at radius 2 is 2.31 bits per heavy atom. The number of halogens is 1. The van der Waals surface area contributed by atoms with E-state index in [4.69, 9.17) is 11.6 Å². The summed E-state index contributed by atoms with van der Waals surface area (Å²) in [6.45, 7) is 2.10. The van der Waals surface area contributed by atoms with E-state index in [1.165, 1.54) is 4.91 Å². The summed E-state index contributed by atoms with van der Waals surface area (Å²) in [5.74, 6) is 0.263. The first-order valence-electron chi connectivity index (χ1n) is 4.46. The molecule has 0 saturated carbocycles. The second-order valence-electron chi connectivity index (χ2n) is 3.48. The average molecular weight is 215 g/mol. The molecule has 13 heavy (non-hydrogen) atoms. The maximum absolute atomic E-state index is 11.6. The third kappa shape index (κ3) is 1.84. The summed E-state index contributed by atoms with van der Waals surface area (Å²) >= 11 is 7.74. The van der Waals surface area contributed by atoms with Crippen LogP contribution in [-0.4, -0.2) is 11.0 Å². The van der Waals surface area contributed by atoms with E-state index in [0.29, 0.717) is 11.7 Å². The Balaban J connectivity index is 2.35. The van der Waals surface area contributed by atoms with Crippen LogP contribution in [0, 0.1) is 0 Å². The van der Waals surface area contributed by atoms with Crippen LogP contribution in [0.5, 0.6) is 0 Å². The van der Waals surface area contributed by atoms with Gasteiger partial charge in [0.2, 0.25) is 0 Å². The highest BCUT2D eigenvalue weighted by Gasteiger charge is 2.26. The van der Waals surface area contributed by atoms with Crippen molar-refractivity contribution >= 4 is 29.1 Å². The molecule has 0 radical (unpaired) electrons. The van der Waals surface area contributed by atoms with Crippen LogP contribution in [-0.2, 0) is 4.79 Å². The molecular formula is C10H11ClOS. The second kappa shape index (κ2) is 3.50. The number of carbonyl (C=O) groups excluding carboxylic acids is 1. The quantitative estimate of drug-likeness (QED) is 0.616. The summed E-state index contributed by atoms with van der Waals surface area (Å²) in [7, 11) is 0. The van der Waals surface area contributed by atoms with Crippen molar-refractivity contribution < 1.29 is 4.79 Å². The highest BCUT2D eigenvalue weighted by molar-refractivity contribution is 8.03. The molecule has 0 saturated heterocycles. The fourth-order valence-electron chi connectivity index (χ4n) is 1.69. The zero-order chi connectivity index (χ0) is 9.42. The van der Waals surface area contributed by atoms with E-state index >= 15 is 0 Å². The lowest BCUT2D eigenvalue weighted by Gasteiger charge is -2.24. The van der Waals surface area contributed by atoms with E-state index in [2.05, 4.69) is 6.92 Å². The van der Waals surface area contributed by atoms with Gasteiger partial charge in [0.25, 0.3) is 0 Å². The topological polar surface area (TPSA) is 17.1 Å². The van der Waals surface area contributed by atoms with Crippen molar-refractivity contribution in [3.05, 3.63) is 21.6 Å². The zero-order valence-corrected chi connectivity index (χ0v) is 9.04. The van der Waals surface area contributed by atoms with Gasteiger partial charge < -0.3 is 0 Å². The molecule has 2 aliphatic rings. The molecular weight excluding hydrogens is 204 g/mol. The number of carbonyl (C=O) groups is 1. The molecule has 0 fully saturated rings. The Bertz CT molecular complexity index is 317. The lowest BCUT2D eigenvalue weighted by atomic mass is 9.99. The Morgan fingerprint density at radius 1 is 1.54 bits per heavy atom. The van der Waals surface area contributed by atoms with Gasteiger partial charge in [0.05, 0.1) is 0 Å². The van der Waals surface area contributed by atoms with Gasteiger partial charge in [-0.1, -0.05) is 18.5 Å². The van der Waals surface area contributed by atoms with E-state index in [-0.39, 0.29) is 5.78 Å². The lowest BCUT2D eigenvalue weighted by Crippen LogP contribution is -2.17. The van der Waals surface area contributed by atoms with E-state index in [1.54, 1.807) is 0 Å². The fraction of sp³-hybridized carbons (Fsp3) is 0.500. The minimum Gasteiger partial charge on any atom is -0.294 e. The average Bonchev–Trinajstić information content (AvgIpc) is 2.06. The van der Waals surface area contributed by atoms with Gasteiger partial charge in [0, 0.05) is 22.3 Å². The number of hydrogen-bond acceptors (Lipinski definition) is 2. The van der Waals surface area contributed by atoms with Gasteiger partial charge in [0.1, 0.15) is 0 Å². The smallest absolute Gasteiger partial charge is 0.164 e. The van der Waals surface area contributed by atoms with Crippen molar-refractivity contribution in [3.8, 4) is 0 Å². The van der Waals surface area contributed by atoms with Crippen LogP contribution >= 0.6 is 23.4 Å². The summed E-state index contributed by atoms with van der Waals surface area (Å²) < 4.78 is 0. The minimum atomic E-state index is 0.263. The Hall–Kier alpha value is -0.210. The van der Waals surface area contributed by atoms with Crippen LogP contribution in [0.1, 0.15) is 26.2 Å². The van der Waals surface area contributed by atoms with Crippen molar-refractivity contribution in [2.75, 3.05) is 0 Å². The number of allylic oxidation sites excluding steroid dienone is 4. The molecule has 1 aliphatic carbocycles. The summed E-state index contributed by atoms with van der Waals surface area (Å²) in [6, 6.07) is 0. The predicted molar refractivity (Wildman–Crippen MR) is 56.9 cm³/mol. The third-order valence-electron chi connectivity index (χ3n) is 2.31. The molecule has 0 N–H and O–H groups in total. The number of hydrogen-bond donors (Lipinski definition) is 0. The normalized spacial score (nSPS) is 28.6. The maximum Gasteiger partial charge on any atom is 0.164 e. The van der Waals surface area contributed by atoms with Gasteiger partial charge in [-0.05, 0) is 23.8 Å². The molecule has 0 aromatic carbocycles. The number of rotatable bonds is 0. The first-order valence-corrected chi connectivity index (χ1v) is 5.71. The van der Waals surface area contributed by atoms with Crippen LogP contribution in [0.3, 0.4) is 0 Å². The maximum atomic E-state index is 11.6. The van der Waals surface area contributed by atoms with Crippen molar-refractivity contribution in [1.29, 1.82) is 0 Å². The van der Waals surface area contributed by atoms with Crippen LogP contribution < -0.4 is 0 Å². The molecule has 1 heterocycles.